The number of nitrogens with zero attached hydrogens (tertiary/aromatic N) is 2. The molecule has 4 aliphatic heterocycles. The Hall–Kier alpha value is -3.59. The van der Waals surface area contributed by atoms with Gasteiger partial charge in [0.1, 0.15) is 17.9 Å². The SMILES string of the molecule is Cc1ccc2c(c1C)NC(=O)[C@@]21[C@@H]2C(=O)N(c3cccc([N+](=O)[O-])c3)C(=O)[C@@H]2[C@@H]2CCC[NH+]21. The van der Waals surface area contributed by atoms with Crippen LogP contribution in [0.25, 0.3) is 0 Å². The minimum atomic E-state index is -1.16. The van der Waals surface area contributed by atoms with E-state index in [4.69, 9.17) is 0 Å². The van der Waals surface area contributed by atoms with E-state index >= 15 is 0 Å². The van der Waals surface area contributed by atoms with Crippen molar-refractivity contribution in [3.05, 3.63) is 63.2 Å². The molecule has 4 heterocycles. The molecule has 2 aromatic rings. The Bertz CT molecular complexity index is 1290. The molecule has 33 heavy (non-hydrogen) atoms. The van der Waals surface area contributed by atoms with E-state index in [1.165, 1.54) is 24.3 Å². The van der Waals surface area contributed by atoms with Gasteiger partial charge in [-0.15, -0.1) is 0 Å². The van der Waals surface area contributed by atoms with Gasteiger partial charge in [0.25, 0.3) is 11.6 Å². The lowest BCUT2D eigenvalue weighted by Gasteiger charge is -2.33. The molecule has 6 rings (SSSR count). The number of nitro groups is 1. The summed E-state index contributed by atoms with van der Waals surface area (Å²) in [5.41, 5.74) is 2.36. The Morgan fingerprint density at radius 1 is 1.15 bits per heavy atom. The third-order valence-electron chi connectivity index (χ3n) is 8.22. The molecule has 3 amide bonds. The number of nitro benzene ring substituents is 1. The van der Waals surface area contributed by atoms with Gasteiger partial charge in [-0.25, -0.2) is 4.90 Å². The van der Waals surface area contributed by atoms with Crippen molar-refractivity contribution in [1.29, 1.82) is 0 Å². The standard InChI is InChI=1S/C24H22N4O5/c1-12-8-9-16-20(13(12)2)25-23(31)24(16)19-18(17-7-4-10-26(17)24)21(29)27(22(19)30)14-5-3-6-15(11-14)28(32)33/h3,5-6,8-9,11,17-19H,4,7,10H2,1-2H3,(H,25,31)/p+1/t17-,18+,19-,24-/m0/s1. The number of benzene rings is 2. The monoisotopic (exact) mass is 447 g/mol. The average molecular weight is 447 g/mol. The van der Waals surface area contributed by atoms with Crippen LogP contribution in [0, 0.1) is 35.8 Å². The van der Waals surface area contributed by atoms with Crippen LogP contribution in [0.4, 0.5) is 17.1 Å². The van der Waals surface area contributed by atoms with Crippen LogP contribution in [-0.4, -0.2) is 35.2 Å². The fourth-order valence-electron chi connectivity index (χ4n) is 6.78. The molecule has 9 nitrogen and oxygen atoms in total. The molecule has 0 aromatic heterocycles. The van der Waals surface area contributed by atoms with E-state index in [-0.39, 0.29) is 29.2 Å². The number of quaternary nitrogens is 1. The van der Waals surface area contributed by atoms with E-state index in [0.717, 1.165) is 51.6 Å². The van der Waals surface area contributed by atoms with Crippen LogP contribution in [0.15, 0.2) is 36.4 Å². The maximum absolute atomic E-state index is 13.9. The van der Waals surface area contributed by atoms with Gasteiger partial charge in [0.05, 0.1) is 22.8 Å². The summed E-state index contributed by atoms with van der Waals surface area (Å²) in [4.78, 5) is 54.2. The summed E-state index contributed by atoms with van der Waals surface area (Å²) >= 11 is 0. The molecule has 4 aliphatic rings. The van der Waals surface area contributed by atoms with Crippen molar-refractivity contribution in [2.24, 2.45) is 11.8 Å². The predicted molar refractivity (Wildman–Crippen MR) is 118 cm³/mol. The van der Waals surface area contributed by atoms with Crippen molar-refractivity contribution in [2.75, 3.05) is 16.8 Å². The Kier molecular flexibility index (Phi) is 3.93. The lowest BCUT2D eigenvalue weighted by molar-refractivity contribution is -0.948. The largest absolute Gasteiger partial charge is 0.320 e. The second kappa shape index (κ2) is 6.48. The first-order chi connectivity index (χ1) is 15.8. The first kappa shape index (κ1) is 20.0. The smallest absolute Gasteiger partial charge is 0.291 e. The van der Waals surface area contributed by atoms with Crippen LogP contribution < -0.4 is 15.1 Å². The molecule has 2 aromatic carbocycles. The number of rotatable bonds is 2. The molecule has 5 atom stereocenters. The number of imide groups is 1. The normalized spacial score (nSPS) is 31.7. The molecular formula is C24H23N4O5+. The summed E-state index contributed by atoms with van der Waals surface area (Å²) < 4.78 is 0. The van der Waals surface area contributed by atoms with Gasteiger partial charge in [0.15, 0.2) is 0 Å². The van der Waals surface area contributed by atoms with Crippen molar-refractivity contribution >= 4 is 34.8 Å². The number of hydrogen-bond donors (Lipinski definition) is 2. The van der Waals surface area contributed by atoms with Crippen LogP contribution in [-0.2, 0) is 19.9 Å². The number of carbonyl (C=O) groups excluding carboxylic acids is 3. The zero-order valence-corrected chi connectivity index (χ0v) is 18.3. The predicted octanol–water partition coefficient (Wildman–Crippen LogP) is 1.23. The van der Waals surface area contributed by atoms with E-state index in [9.17, 15) is 24.5 Å². The van der Waals surface area contributed by atoms with E-state index in [0.29, 0.717) is 0 Å². The van der Waals surface area contributed by atoms with Crippen LogP contribution >= 0.6 is 0 Å². The molecule has 0 radical (unpaired) electrons. The quantitative estimate of drug-likeness (QED) is 0.408. The van der Waals surface area contributed by atoms with Gasteiger partial charge in [-0.1, -0.05) is 12.1 Å². The summed E-state index contributed by atoms with van der Waals surface area (Å²) in [6.07, 6.45) is 1.63. The molecule has 168 valence electrons. The number of amides is 3. The molecule has 2 N–H and O–H groups in total. The first-order valence-corrected chi connectivity index (χ1v) is 11.2. The molecule has 3 fully saturated rings. The van der Waals surface area contributed by atoms with Crippen LogP contribution in [0.5, 0.6) is 0 Å². The summed E-state index contributed by atoms with van der Waals surface area (Å²) in [7, 11) is 0. The number of anilines is 2. The van der Waals surface area contributed by atoms with Gasteiger partial charge < -0.3 is 10.2 Å². The Morgan fingerprint density at radius 2 is 1.94 bits per heavy atom. The molecular weight excluding hydrogens is 424 g/mol. The molecule has 0 saturated carbocycles. The zero-order chi connectivity index (χ0) is 23.2. The van der Waals surface area contributed by atoms with Crippen molar-refractivity contribution < 1.29 is 24.2 Å². The molecule has 1 unspecified atom stereocenters. The van der Waals surface area contributed by atoms with Crippen LogP contribution in [0.2, 0.25) is 0 Å². The maximum atomic E-state index is 13.9. The molecule has 3 saturated heterocycles. The third kappa shape index (κ3) is 2.27. The van der Waals surface area contributed by atoms with Crippen molar-refractivity contribution in [3.63, 3.8) is 0 Å². The Balaban J connectivity index is 1.55. The summed E-state index contributed by atoms with van der Waals surface area (Å²) in [6.45, 7) is 4.65. The van der Waals surface area contributed by atoms with E-state index in [2.05, 4.69) is 5.32 Å². The summed E-state index contributed by atoms with van der Waals surface area (Å²) in [5, 5.41) is 14.3. The fourth-order valence-corrected chi connectivity index (χ4v) is 6.78. The highest BCUT2D eigenvalue weighted by Gasteiger charge is 2.78. The van der Waals surface area contributed by atoms with Crippen molar-refractivity contribution in [2.45, 2.75) is 38.3 Å². The van der Waals surface area contributed by atoms with Gasteiger partial charge in [-0.05, 0) is 37.1 Å². The van der Waals surface area contributed by atoms with Crippen molar-refractivity contribution in [3.8, 4) is 0 Å². The average Bonchev–Trinajstić information content (AvgIpc) is 3.49. The molecule has 0 aliphatic carbocycles. The number of non-ortho nitro benzene ring substituents is 1. The van der Waals surface area contributed by atoms with Gasteiger partial charge in [-0.2, -0.15) is 0 Å². The maximum Gasteiger partial charge on any atom is 0.291 e. The number of nitrogens with one attached hydrogen (secondary N) is 2. The first-order valence-electron chi connectivity index (χ1n) is 11.2. The topological polar surface area (TPSA) is 114 Å². The summed E-state index contributed by atoms with van der Waals surface area (Å²) in [6, 6.07) is 9.32. The van der Waals surface area contributed by atoms with Crippen LogP contribution in [0.1, 0.15) is 29.5 Å². The summed E-state index contributed by atoms with van der Waals surface area (Å²) in [5.74, 6) is -2.52. The molecule has 9 heteroatoms. The number of carbonyl (C=O) groups is 3. The van der Waals surface area contributed by atoms with Gasteiger partial charge in [-0.3, -0.25) is 24.5 Å². The number of aryl methyl sites for hydroxylation is 1. The minimum Gasteiger partial charge on any atom is -0.320 e. The van der Waals surface area contributed by atoms with E-state index in [1.54, 1.807) is 0 Å². The highest BCUT2D eigenvalue weighted by molar-refractivity contribution is 6.25. The third-order valence-corrected chi connectivity index (χ3v) is 8.22. The second-order valence-corrected chi connectivity index (χ2v) is 9.51. The fraction of sp³-hybridized carbons (Fsp3) is 0.375. The van der Waals surface area contributed by atoms with E-state index in [1.807, 2.05) is 26.0 Å². The highest BCUT2D eigenvalue weighted by Crippen LogP contribution is 2.53. The Morgan fingerprint density at radius 3 is 2.70 bits per heavy atom. The van der Waals surface area contributed by atoms with Gasteiger partial charge in [0.2, 0.25) is 17.4 Å². The van der Waals surface area contributed by atoms with Crippen LogP contribution in [0.3, 0.4) is 0 Å². The van der Waals surface area contributed by atoms with Crippen molar-refractivity contribution in [1.82, 2.24) is 0 Å². The highest BCUT2D eigenvalue weighted by atomic mass is 16.6. The zero-order valence-electron chi connectivity index (χ0n) is 18.3. The van der Waals surface area contributed by atoms with E-state index < -0.39 is 28.2 Å². The lowest BCUT2D eigenvalue weighted by atomic mass is 9.75. The second-order valence-electron chi connectivity index (χ2n) is 9.51. The lowest BCUT2D eigenvalue weighted by Crippen LogP contribution is -3.19. The minimum absolute atomic E-state index is 0.145. The van der Waals surface area contributed by atoms with Gasteiger partial charge in [0, 0.05) is 30.5 Å². The van der Waals surface area contributed by atoms with Gasteiger partial charge >= 0.3 is 0 Å². The number of hydrogen-bond acceptors (Lipinski definition) is 5. The molecule has 1 spiro atoms. The molecule has 0 bridgehead atoms. The Labute approximate surface area is 189 Å². The number of fused-ring (bicyclic) bond motifs is 7.